The van der Waals surface area contributed by atoms with Crippen molar-refractivity contribution in [3.8, 4) is 11.5 Å². The number of carbonyl (C=O) groups excluding carboxylic acids is 4. The molecule has 4 aliphatic rings. The predicted octanol–water partition coefficient (Wildman–Crippen LogP) is 27.4. The van der Waals surface area contributed by atoms with E-state index >= 15 is 0 Å². The molecule has 0 radical (unpaired) electrons. The number of hydrogen-bond acceptors (Lipinski definition) is 10. The Bertz CT molecular complexity index is 6270. The van der Waals surface area contributed by atoms with E-state index in [-0.39, 0.29) is 66.9 Å². The third kappa shape index (κ3) is 23.1. The van der Waals surface area contributed by atoms with Gasteiger partial charge in [0.2, 0.25) is 0 Å². The molecule has 4 aromatic heterocycles. The molecule has 0 aliphatic heterocycles. The molecule has 0 unspecified atom stereocenters. The topological polar surface area (TPSA) is 187 Å². The first-order chi connectivity index (χ1) is 62.5. The van der Waals surface area contributed by atoms with Crippen molar-refractivity contribution in [2.24, 2.45) is 0 Å². The van der Waals surface area contributed by atoms with Gasteiger partial charge in [-0.15, -0.1) is 0 Å². The quantitative estimate of drug-likeness (QED) is 0.0508. The largest absolute Gasteiger partial charge is 0.497 e. The normalized spacial score (nSPS) is 16.2. The lowest BCUT2D eigenvalue weighted by Gasteiger charge is -2.42. The van der Waals surface area contributed by atoms with Crippen molar-refractivity contribution in [2.75, 3.05) is 14.2 Å². The SMILES string of the molecule is COc1ccc(CNC(=O)c2ccc(Cc3cc4c(cc3C)C(C)(C)CCC4(C)C)o2)c(OC)c1.Cc1cc2c(cc1Cc1ccc(C(=O)NCc3cccc(C)c3C)o1)C(C)(C)CCC2(C)C.Cc1ccc(CNC(=O)c2ccc(Cc3cc4c(cc3C)C(C)(C)CCC4(C)C)o2)cc1.Cc1ccc(CNC(=O)c2ccc(Cc3cc4c(cc3C)C(C)(C)CCC4(C)C)o2)cc1C. The molecule has 702 valence electrons. The second-order valence-corrected chi connectivity index (χ2v) is 43.8. The van der Waals surface area contributed by atoms with Crippen molar-refractivity contribution in [1.82, 2.24) is 21.3 Å². The van der Waals surface area contributed by atoms with Crippen LogP contribution >= 0.6 is 0 Å². The van der Waals surface area contributed by atoms with E-state index in [1.807, 2.05) is 54.6 Å². The average molecular weight is 1790 g/mol. The van der Waals surface area contributed by atoms with Gasteiger partial charge in [0, 0.05) is 63.5 Å². The fourth-order valence-corrected chi connectivity index (χ4v) is 19.6. The Labute approximate surface area is 792 Å². The van der Waals surface area contributed by atoms with Gasteiger partial charge in [-0.1, -0.05) is 226 Å². The first kappa shape index (κ1) is 98.9. The molecule has 4 amide bonds. The summed E-state index contributed by atoms with van der Waals surface area (Å²) in [5.41, 5.74) is 33.7. The highest BCUT2D eigenvalue weighted by Gasteiger charge is 2.42. The van der Waals surface area contributed by atoms with Crippen LogP contribution in [0.25, 0.3) is 0 Å². The number of fused-ring (bicyclic) bond motifs is 4. The van der Waals surface area contributed by atoms with E-state index in [9.17, 15) is 19.2 Å². The van der Waals surface area contributed by atoms with Crippen LogP contribution in [-0.2, 0) is 95.2 Å². The van der Waals surface area contributed by atoms with Crippen LogP contribution in [0.1, 0.15) is 366 Å². The number of carbonyl (C=O) groups is 4. The summed E-state index contributed by atoms with van der Waals surface area (Å²) in [5.74, 6) is 5.25. The first-order valence-corrected chi connectivity index (χ1v) is 48.0. The molecule has 14 heteroatoms. The summed E-state index contributed by atoms with van der Waals surface area (Å²) in [7, 11) is 3.21. The number of furan rings is 4. The Balaban J connectivity index is 0.000000151. The van der Waals surface area contributed by atoms with E-state index in [1.165, 1.54) is 168 Å². The standard InChI is InChI=1S/C30H37NO4.2C30H37NO2.C29H35NO2/c1-19-14-24-25(30(4,5)13-12-29(24,2)3)16-21(19)15-23-10-11-26(35-23)28(32)31-18-20-8-9-22(33-6)17-27(20)34-7;1-19-8-9-22(14-20(19)2)18-31-28(32)27-11-10-24(33-27)16-23-17-26-25(15-21(23)3)29(4,5)12-13-30(26,6)7;1-19-9-8-10-22(21(19)3)18-31-28(32)27-12-11-24(33-27)16-23-17-26-25(15-20(23)2)29(4,5)13-14-30(26,6)7;1-19-7-9-21(10-8-19)18-30-27(31)26-12-11-23(32-26)16-22-17-25-24(15-20(22)2)28(3,4)13-14-29(25,5)6/h8-11,14,16-17H,12-13,15,18H2,1-7H3,(H,31,32);8-11,14-15,17H,12-13,16,18H2,1-7H3,(H,31,32);8-12,15,17H,13-14,16,18H2,1-7H3,(H,31,32);7-12,15,17H,13-14,16,18H2,1-6H3,(H,30,31). The Hall–Kier alpha value is -11.6. The molecule has 0 fully saturated rings. The fourth-order valence-electron chi connectivity index (χ4n) is 19.6. The zero-order chi connectivity index (χ0) is 96.4. The van der Waals surface area contributed by atoms with E-state index in [1.54, 1.807) is 44.6 Å². The van der Waals surface area contributed by atoms with Crippen LogP contribution < -0.4 is 30.7 Å². The summed E-state index contributed by atoms with van der Waals surface area (Å²) >= 11 is 0. The molecule has 14 nitrogen and oxygen atoms in total. The average Bonchev–Trinajstić information content (AvgIpc) is 1.73. The second-order valence-electron chi connectivity index (χ2n) is 43.8. The molecule has 0 atom stereocenters. The number of methoxy groups -OCH3 is 2. The smallest absolute Gasteiger partial charge is 0.287 e. The lowest BCUT2D eigenvalue weighted by atomic mass is 9.62. The lowest BCUT2D eigenvalue weighted by Crippen LogP contribution is -2.34. The van der Waals surface area contributed by atoms with Gasteiger partial charge in [-0.25, -0.2) is 0 Å². The van der Waals surface area contributed by atoms with E-state index in [0.29, 0.717) is 86.4 Å². The summed E-state index contributed by atoms with van der Waals surface area (Å²) in [6.45, 7) is 58.6. The van der Waals surface area contributed by atoms with Crippen LogP contribution in [-0.4, -0.2) is 37.8 Å². The van der Waals surface area contributed by atoms with Crippen LogP contribution in [0, 0.1) is 62.3 Å². The summed E-state index contributed by atoms with van der Waals surface area (Å²) in [6, 6.07) is 59.9. The molecule has 0 bridgehead atoms. The van der Waals surface area contributed by atoms with Crippen molar-refractivity contribution in [3.05, 3.63) is 361 Å². The first-order valence-electron chi connectivity index (χ1n) is 48.0. The van der Waals surface area contributed by atoms with Crippen molar-refractivity contribution < 1.29 is 46.3 Å². The van der Waals surface area contributed by atoms with Gasteiger partial charge in [0.1, 0.15) is 34.5 Å². The molecule has 0 saturated heterocycles. The Kier molecular flexibility index (Phi) is 29.4. The number of amides is 4. The molecular formula is C119H146N4O10. The Morgan fingerprint density at radius 1 is 0.271 bits per heavy atom. The van der Waals surface area contributed by atoms with Gasteiger partial charge in [0.25, 0.3) is 23.6 Å². The molecule has 0 spiro atoms. The minimum absolute atomic E-state index is 0.157. The fraction of sp³-hybridized carbons (Fsp3) is 0.429. The van der Waals surface area contributed by atoms with Gasteiger partial charge in [0.15, 0.2) is 23.0 Å². The van der Waals surface area contributed by atoms with Gasteiger partial charge < -0.3 is 48.4 Å². The molecule has 133 heavy (non-hydrogen) atoms. The Morgan fingerprint density at radius 3 is 0.887 bits per heavy atom. The number of aryl methyl sites for hydroxylation is 8. The minimum Gasteiger partial charge on any atom is -0.497 e. The van der Waals surface area contributed by atoms with Gasteiger partial charge in [-0.3, -0.25) is 19.2 Å². The van der Waals surface area contributed by atoms with Gasteiger partial charge in [-0.05, 0) is 346 Å². The van der Waals surface area contributed by atoms with Crippen LogP contribution in [0.3, 0.4) is 0 Å². The van der Waals surface area contributed by atoms with Gasteiger partial charge >= 0.3 is 0 Å². The van der Waals surface area contributed by atoms with Crippen molar-refractivity contribution >= 4 is 23.6 Å². The highest BCUT2D eigenvalue weighted by atomic mass is 16.5. The maximum atomic E-state index is 12.8. The zero-order valence-electron chi connectivity index (χ0n) is 84.6. The second kappa shape index (κ2) is 39.5. The summed E-state index contributed by atoms with van der Waals surface area (Å²) in [4.78, 5) is 50.6. The van der Waals surface area contributed by atoms with Crippen molar-refractivity contribution in [2.45, 2.75) is 320 Å². The Morgan fingerprint density at radius 2 is 0.571 bits per heavy atom. The molecule has 4 aliphatic carbocycles. The lowest BCUT2D eigenvalue weighted by molar-refractivity contribution is 0.0914. The maximum absolute atomic E-state index is 12.8. The minimum atomic E-state index is -0.251. The summed E-state index contributed by atoms with van der Waals surface area (Å²) < 4.78 is 34.5. The van der Waals surface area contributed by atoms with Crippen LogP contribution in [0.15, 0.2) is 194 Å². The van der Waals surface area contributed by atoms with Crippen molar-refractivity contribution in [1.29, 1.82) is 0 Å². The van der Waals surface area contributed by atoms with Gasteiger partial charge in [0.05, 0.1) is 14.2 Å². The summed E-state index contributed by atoms with van der Waals surface area (Å²) in [5, 5.41) is 11.9. The third-order valence-electron chi connectivity index (χ3n) is 29.9. The maximum Gasteiger partial charge on any atom is 0.287 e. The molecule has 0 saturated carbocycles. The highest BCUT2D eigenvalue weighted by molar-refractivity contribution is 5.93. The highest BCUT2D eigenvalue weighted by Crippen LogP contribution is 2.52. The predicted molar refractivity (Wildman–Crippen MR) is 539 cm³/mol. The van der Waals surface area contributed by atoms with E-state index in [4.69, 9.17) is 27.1 Å². The van der Waals surface area contributed by atoms with E-state index in [0.717, 1.165) is 45.3 Å². The number of ether oxygens (including phenoxy) is 2. The van der Waals surface area contributed by atoms with Crippen LogP contribution in [0.5, 0.6) is 11.5 Å². The van der Waals surface area contributed by atoms with Crippen LogP contribution in [0.2, 0.25) is 0 Å². The zero-order valence-corrected chi connectivity index (χ0v) is 84.6. The molecular weight excluding hydrogens is 1650 g/mol. The van der Waals surface area contributed by atoms with E-state index in [2.05, 4.69) is 285 Å². The number of hydrogen-bond donors (Lipinski definition) is 4. The molecule has 8 aromatic carbocycles. The third-order valence-corrected chi connectivity index (χ3v) is 29.9. The number of benzene rings is 8. The van der Waals surface area contributed by atoms with Crippen molar-refractivity contribution in [3.63, 3.8) is 0 Å². The van der Waals surface area contributed by atoms with E-state index < -0.39 is 0 Å². The monoisotopic (exact) mass is 1790 g/mol. The molecule has 12 aromatic rings. The summed E-state index contributed by atoms with van der Waals surface area (Å²) in [6.07, 6.45) is 12.4. The molecule has 4 N–H and O–H groups in total. The molecule has 16 rings (SSSR count). The molecule has 4 heterocycles. The number of nitrogens with one attached hydrogen (secondary N) is 4. The number of rotatable bonds is 22. The van der Waals surface area contributed by atoms with Gasteiger partial charge in [-0.2, -0.15) is 0 Å². The van der Waals surface area contributed by atoms with Crippen LogP contribution in [0.4, 0.5) is 0 Å².